The molecule has 0 radical (unpaired) electrons. The average Bonchev–Trinajstić information content (AvgIpc) is 3.61. The van der Waals surface area contributed by atoms with Gasteiger partial charge in [-0.05, 0) is 83.8 Å². The number of H-pyrrole nitrogens is 1. The van der Waals surface area contributed by atoms with Gasteiger partial charge in [-0.25, -0.2) is 4.98 Å². The Labute approximate surface area is 355 Å². The Balaban J connectivity index is 1.69. The highest BCUT2D eigenvalue weighted by Crippen LogP contribution is 2.21. The fraction of sp³-hybridized carbons (Fsp3) is 0.816. The van der Waals surface area contributed by atoms with Crippen molar-refractivity contribution in [3.63, 3.8) is 0 Å². The van der Waals surface area contributed by atoms with E-state index in [1.807, 2.05) is 4.57 Å². The van der Waals surface area contributed by atoms with Crippen LogP contribution in [0.15, 0.2) is 35.8 Å². The van der Waals surface area contributed by atoms with Crippen molar-refractivity contribution >= 4 is 17.1 Å². The molecule has 9 nitrogen and oxygen atoms in total. The standard InChI is InChI=1S/C49H90N6O3/c1-6-9-12-15-16-24-31-41-57-43(4)33-25-20-17-22-29-37-54(39-32-40-55-42-51-46-47(55)52-49(50)53-48(46)56)38-30-23-18-21-26-34-44(5)58-45(35-27-14-11-8-3)36-28-19-13-10-7-2/h42,45H,4-41H2,1-3H3,(H3,50,52,53,56). The summed E-state index contributed by atoms with van der Waals surface area (Å²) in [5, 5.41) is 0. The van der Waals surface area contributed by atoms with E-state index < -0.39 is 0 Å². The molecule has 58 heavy (non-hydrogen) atoms. The Bertz CT molecular complexity index is 1360. The fourth-order valence-corrected chi connectivity index (χ4v) is 7.99. The van der Waals surface area contributed by atoms with Crippen LogP contribution in [0.3, 0.4) is 0 Å². The van der Waals surface area contributed by atoms with E-state index >= 15 is 0 Å². The maximum absolute atomic E-state index is 12.3. The summed E-state index contributed by atoms with van der Waals surface area (Å²) in [6.07, 6.45) is 40.6. The van der Waals surface area contributed by atoms with Gasteiger partial charge in [0, 0.05) is 19.4 Å². The zero-order valence-electron chi connectivity index (χ0n) is 38.1. The van der Waals surface area contributed by atoms with E-state index in [9.17, 15) is 4.79 Å². The first kappa shape index (κ1) is 51.3. The molecule has 0 saturated heterocycles. The second kappa shape index (κ2) is 35.0. The number of nitrogens with two attached hydrogens (primary N) is 1. The summed E-state index contributed by atoms with van der Waals surface area (Å²) in [5.74, 6) is 2.10. The van der Waals surface area contributed by atoms with Gasteiger partial charge in [-0.15, -0.1) is 0 Å². The van der Waals surface area contributed by atoms with E-state index in [4.69, 9.17) is 15.2 Å². The van der Waals surface area contributed by atoms with Gasteiger partial charge in [0.25, 0.3) is 5.56 Å². The second-order valence-corrected chi connectivity index (χ2v) is 17.1. The lowest BCUT2D eigenvalue weighted by atomic mass is 10.0. The van der Waals surface area contributed by atoms with Crippen molar-refractivity contribution < 1.29 is 9.47 Å². The first-order valence-electron chi connectivity index (χ1n) is 24.5. The minimum Gasteiger partial charge on any atom is -0.499 e. The Kier molecular flexibility index (Phi) is 31.0. The number of nitrogen functional groups attached to an aromatic ring is 1. The molecule has 1 atom stereocenters. The van der Waals surface area contributed by atoms with Gasteiger partial charge in [0.05, 0.1) is 30.6 Å². The largest absolute Gasteiger partial charge is 0.499 e. The number of nitrogens with one attached hydrogen (secondary N) is 1. The van der Waals surface area contributed by atoms with Gasteiger partial charge >= 0.3 is 0 Å². The van der Waals surface area contributed by atoms with Gasteiger partial charge in [0.1, 0.15) is 0 Å². The van der Waals surface area contributed by atoms with Crippen LogP contribution < -0.4 is 11.3 Å². The monoisotopic (exact) mass is 811 g/mol. The number of anilines is 1. The van der Waals surface area contributed by atoms with Gasteiger partial charge < -0.3 is 24.7 Å². The molecule has 2 aromatic rings. The number of rotatable bonds is 42. The van der Waals surface area contributed by atoms with Crippen LogP contribution in [-0.4, -0.2) is 56.8 Å². The summed E-state index contributed by atoms with van der Waals surface area (Å²) in [6, 6.07) is 0. The summed E-state index contributed by atoms with van der Waals surface area (Å²) >= 11 is 0. The number of aryl methyl sites for hydroxylation is 1. The Morgan fingerprint density at radius 1 is 0.672 bits per heavy atom. The Hall–Kier alpha value is -2.81. The maximum atomic E-state index is 12.3. The van der Waals surface area contributed by atoms with Crippen LogP contribution in [-0.2, 0) is 16.0 Å². The number of unbranched alkanes of at least 4 members (excludes halogenated alkanes) is 21. The number of aromatic nitrogens is 4. The van der Waals surface area contributed by atoms with Crippen molar-refractivity contribution in [3.8, 4) is 0 Å². The molecule has 0 aliphatic heterocycles. The van der Waals surface area contributed by atoms with Crippen LogP contribution in [0.5, 0.6) is 0 Å². The molecule has 0 bridgehead atoms. The van der Waals surface area contributed by atoms with Crippen molar-refractivity contribution in [1.82, 2.24) is 24.4 Å². The number of ether oxygens (including phenoxy) is 2. The van der Waals surface area contributed by atoms with E-state index in [2.05, 4.69) is 53.8 Å². The smallest absolute Gasteiger partial charge is 0.280 e. The van der Waals surface area contributed by atoms with Crippen molar-refractivity contribution in [1.29, 1.82) is 0 Å². The third kappa shape index (κ3) is 25.6. The molecular weight excluding hydrogens is 721 g/mol. The van der Waals surface area contributed by atoms with Gasteiger partial charge in [0.15, 0.2) is 11.2 Å². The minimum absolute atomic E-state index is 0.133. The van der Waals surface area contributed by atoms with Gasteiger partial charge in [-0.2, -0.15) is 4.98 Å². The van der Waals surface area contributed by atoms with E-state index in [0.29, 0.717) is 17.3 Å². The van der Waals surface area contributed by atoms with Crippen molar-refractivity contribution in [2.45, 2.75) is 232 Å². The molecule has 0 aromatic carbocycles. The first-order valence-corrected chi connectivity index (χ1v) is 24.5. The topological polar surface area (TPSA) is 111 Å². The van der Waals surface area contributed by atoms with Crippen molar-refractivity contribution in [2.24, 2.45) is 0 Å². The molecule has 2 rings (SSSR count). The molecule has 3 N–H and O–H groups in total. The molecule has 9 heteroatoms. The number of fused-ring (bicyclic) bond motifs is 1. The van der Waals surface area contributed by atoms with Gasteiger partial charge in [0.2, 0.25) is 5.95 Å². The van der Waals surface area contributed by atoms with Crippen LogP contribution in [0.1, 0.15) is 220 Å². The number of hydrogen-bond acceptors (Lipinski definition) is 7. The normalized spacial score (nSPS) is 12.1. The number of aromatic amines is 1. The fourth-order valence-electron chi connectivity index (χ4n) is 7.99. The number of allylic oxidation sites excluding steroid dienone is 2. The van der Waals surface area contributed by atoms with E-state index in [-0.39, 0.29) is 11.5 Å². The zero-order valence-corrected chi connectivity index (χ0v) is 38.1. The van der Waals surface area contributed by atoms with Crippen LogP contribution in [0.4, 0.5) is 5.95 Å². The van der Waals surface area contributed by atoms with E-state index in [1.165, 1.54) is 167 Å². The van der Waals surface area contributed by atoms with Crippen LogP contribution in [0, 0.1) is 0 Å². The summed E-state index contributed by atoms with van der Waals surface area (Å²) < 4.78 is 14.3. The highest BCUT2D eigenvalue weighted by molar-refractivity contribution is 5.70. The number of nitrogens with zero attached hydrogens (tertiary/aromatic N) is 4. The average molecular weight is 811 g/mol. The quantitative estimate of drug-likeness (QED) is 0.0507. The van der Waals surface area contributed by atoms with E-state index in [0.717, 1.165) is 76.4 Å². The SMILES string of the molecule is C=C(CCCCCCCN(CCCCCCCC(=C)OC(CCCCCC)CCCCCCC)CCCn1cnc2c(=O)[nH]c(N)nc21)OCCCCCCCCC. The summed E-state index contributed by atoms with van der Waals surface area (Å²) in [6.45, 7) is 20.2. The predicted molar refractivity (Wildman–Crippen MR) is 248 cm³/mol. The van der Waals surface area contributed by atoms with Crippen LogP contribution in [0.2, 0.25) is 0 Å². The molecule has 0 fully saturated rings. The highest BCUT2D eigenvalue weighted by atomic mass is 16.5. The predicted octanol–water partition coefficient (Wildman–Crippen LogP) is 13.6. The third-order valence-corrected chi connectivity index (χ3v) is 11.6. The van der Waals surface area contributed by atoms with Gasteiger partial charge in [-0.1, -0.05) is 156 Å². The molecule has 334 valence electrons. The Morgan fingerprint density at radius 3 is 1.76 bits per heavy atom. The maximum Gasteiger partial charge on any atom is 0.280 e. The highest BCUT2D eigenvalue weighted by Gasteiger charge is 2.13. The van der Waals surface area contributed by atoms with Crippen molar-refractivity contribution in [3.05, 3.63) is 41.4 Å². The second-order valence-electron chi connectivity index (χ2n) is 17.1. The lowest BCUT2D eigenvalue weighted by Crippen LogP contribution is -2.28. The molecule has 0 aliphatic rings. The number of imidazole rings is 1. The molecule has 0 amide bonds. The number of hydrogen-bond donors (Lipinski definition) is 2. The van der Waals surface area contributed by atoms with Crippen molar-refractivity contribution in [2.75, 3.05) is 32.0 Å². The molecule has 0 aliphatic carbocycles. The molecule has 0 spiro atoms. The molecule has 0 saturated carbocycles. The summed E-state index contributed by atoms with van der Waals surface area (Å²) in [4.78, 5) is 26.1. The third-order valence-electron chi connectivity index (χ3n) is 11.6. The summed E-state index contributed by atoms with van der Waals surface area (Å²) in [7, 11) is 0. The van der Waals surface area contributed by atoms with E-state index in [1.54, 1.807) is 6.33 Å². The minimum atomic E-state index is -0.282. The van der Waals surface area contributed by atoms with Crippen LogP contribution in [0.25, 0.3) is 11.2 Å². The lowest BCUT2D eigenvalue weighted by Gasteiger charge is -2.22. The Morgan fingerprint density at radius 2 is 1.16 bits per heavy atom. The molecular formula is C49H90N6O3. The zero-order chi connectivity index (χ0) is 41.9. The van der Waals surface area contributed by atoms with Gasteiger partial charge in [-0.3, -0.25) is 9.78 Å². The van der Waals surface area contributed by atoms with Crippen LogP contribution >= 0.6 is 0 Å². The molecule has 2 heterocycles. The summed E-state index contributed by atoms with van der Waals surface area (Å²) in [5.41, 5.74) is 6.47. The molecule has 2 aromatic heterocycles. The molecule has 1 unspecified atom stereocenters. The first-order chi connectivity index (χ1) is 28.4. The lowest BCUT2D eigenvalue weighted by molar-refractivity contribution is 0.0895.